The first-order valence-electron chi connectivity index (χ1n) is 4.82. The standard InChI is InChI=1S/C9H21NO2S/c1-5-9(6-2)10-8(3)7-13(4,11)12/h8-10H,5-7H2,1-4H3. The minimum absolute atomic E-state index is 0.0555. The van der Waals surface area contributed by atoms with Gasteiger partial charge in [0.25, 0.3) is 0 Å². The Labute approximate surface area is 81.8 Å². The van der Waals surface area contributed by atoms with Crippen molar-refractivity contribution in [2.75, 3.05) is 12.0 Å². The van der Waals surface area contributed by atoms with Gasteiger partial charge in [-0.2, -0.15) is 0 Å². The van der Waals surface area contributed by atoms with Crippen LogP contribution in [0.4, 0.5) is 0 Å². The molecule has 0 amide bonds. The lowest BCUT2D eigenvalue weighted by atomic mass is 10.1. The quantitative estimate of drug-likeness (QED) is 0.712. The molecule has 0 saturated heterocycles. The number of hydrogen-bond donors (Lipinski definition) is 1. The predicted octanol–water partition coefficient (Wildman–Crippen LogP) is 1.20. The summed E-state index contributed by atoms with van der Waals surface area (Å²) in [4.78, 5) is 0. The molecule has 0 spiro atoms. The van der Waals surface area contributed by atoms with Gasteiger partial charge in [-0.3, -0.25) is 0 Å². The van der Waals surface area contributed by atoms with Crippen LogP contribution in [0.1, 0.15) is 33.6 Å². The summed E-state index contributed by atoms with van der Waals surface area (Å²) in [5.41, 5.74) is 0. The van der Waals surface area contributed by atoms with Crippen LogP contribution >= 0.6 is 0 Å². The topological polar surface area (TPSA) is 46.2 Å². The first-order valence-corrected chi connectivity index (χ1v) is 6.88. The Hall–Kier alpha value is -0.0900. The molecule has 1 unspecified atom stereocenters. The van der Waals surface area contributed by atoms with Crippen molar-refractivity contribution >= 4 is 9.84 Å². The third kappa shape index (κ3) is 7.02. The summed E-state index contributed by atoms with van der Waals surface area (Å²) in [7, 11) is -2.85. The molecule has 80 valence electrons. The van der Waals surface area contributed by atoms with Crippen LogP contribution in [0.3, 0.4) is 0 Å². The van der Waals surface area contributed by atoms with Crippen molar-refractivity contribution in [3.8, 4) is 0 Å². The lowest BCUT2D eigenvalue weighted by Gasteiger charge is -2.20. The van der Waals surface area contributed by atoms with Gasteiger partial charge in [0.15, 0.2) is 0 Å². The molecular formula is C9H21NO2S. The third-order valence-electron chi connectivity index (χ3n) is 2.06. The fraction of sp³-hybridized carbons (Fsp3) is 1.00. The van der Waals surface area contributed by atoms with E-state index in [0.29, 0.717) is 6.04 Å². The maximum absolute atomic E-state index is 11.0. The zero-order chi connectivity index (χ0) is 10.5. The van der Waals surface area contributed by atoms with Crippen molar-refractivity contribution in [1.82, 2.24) is 5.32 Å². The fourth-order valence-electron chi connectivity index (χ4n) is 1.43. The Kier molecular flexibility index (Phi) is 5.56. The van der Waals surface area contributed by atoms with E-state index in [0.717, 1.165) is 12.8 Å². The minimum Gasteiger partial charge on any atom is -0.311 e. The van der Waals surface area contributed by atoms with Crippen molar-refractivity contribution in [2.45, 2.75) is 45.7 Å². The average Bonchev–Trinajstić information content (AvgIpc) is 1.96. The van der Waals surface area contributed by atoms with E-state index in [4.69, 9.17) is 0 Å². The van der Waals surface area contributed by atoms with Gasteiger partial charge in [-0.1, -0.05) is 13.8 Å². The molecule has 1 atom stereocenters. The molecule has 0 rings (SSSR count). The Bertz CT molecular complexity index is 220. The first-order chi connectivity index (χ1) is 5.89. The van der Waals surface area contributed by atoms with Gasteiger partial charge in [0.1, 0.15) is 9.84 Å². The largest absolute Gasteiger partial charge is 0.311 e. The smallest absolute Gasteiger partial charge is 0.148 e. The second kappa shape index (κ2) is 5.60. The molecule has 0 aromatic carbocycles. The van der Waals surface area contributed by atoms with Crippen LogP contribution in [-0.4, -0.2) is 32.5 Å². The summed E-state index contributed by atoms with van der Waals surface area (Å²) < 4.78 is 21.9. The molecule has 0 aromatic heterocycles. The van der Waals surface area contributed by atoms with Crippen molar-refractivity contribution in [3.05, 3.63) is 0 Å². The van der Waals surface area contributed by atoms with Gasteiger partial charge in [0.2, 0.25) is 0 Å². The summed E-state index contributed by atoms with van der Waals surface area (Å²) in [5, 5.41) is 3.29. The Morgan fingerprint density at radius 2 is 1.69 bits per heavy atom. The Morgan fingerprint density at radius 3 is 2.00 bits per heavy atom. The maximum Gasteiger partial charge on any atom is 0.148 e. The first kappa shape index (κ1) is 12.9. The summed E-state index contributed by atoms with van der Waals surface area (Å²) in [6.07, 6.45) is 3.37. The summed E-state index contributed by atoms with van der Waals surface area (Å²) >= 11 is 0. The minimum atomic E-state index is -2.85. The number of hydrogen-bond acceptors (Lipinski definition) is 3. The molecular weight excluding hydrogens is 186 g/mol. The average molecular weight is 207 g/mol. The highest BCUT2D eigenvalue weighted by molar-refractivity contribution is 7.90. The molecule has 0 aliphatic rings. The van der Waals surface area contributed by atoms with Crippen LogP contribution in [0.25, 0.3) is 0 Å². The lowest BCUT2D eigenvalue weighted by molar-refractivity contribution is 0.440. The van der Waals surface area contributed by atoms with Gasteiger partial charge < -0.3 is 5.32 Å². The van der Waals surface area contributed by atoms with E-state index < -0.39 is 9.84 Å². The Balaban J connectivity index is 3.93. The third-order valence-corrected chi connectivity index (χ3v) is 3.16. The highest BCUT2D eigenvalue weighted by atomic mass is 32.2. The Morgan fingerprint density at radius 1 is 1.23 bits per heavy atom. The zero-order valence-corrected chi connectivity index (χ0v) is 9.82. The van der Waals surface area contributed by atoms with E-state index in [9.17, 15) is 8.42 Å². The van der Waals surface area contributed by atoms with Gasteiger partial charge >= 0.3 is 0 Å². The molecule has 4 heteroatoms. The fourth-order valence-corrected chi connectivity index (χ4v) is 2.43. The monoisotopic (exact) mass is 207 g/mol. The molecule has 3 nitrogen and oxygen atoms in total. The summed E-state index contributed by atoms with van der Waals surface area (Å²) in [5.74, 6) is 0.226. The molecule has 0 aliphatic carbocycles. The van der Waals surface area contributed by atoms with Crippen LogP contribution in [-0.2, 0) is 9.84 Å². The van der Waals surface area contributed by atoms with E-state index in [1.54, 1.807) is 0 Å². The zero-order valence-electron chi connectivity index (χ0n) is 9.00. The van der Waals surface area contributed by atoms with Crippen molar-refractivity contribution < 1.29 is 8.42 Å². The lowest BCUT2D eigenvalue weighted by Crippen LogP contribution is -2.39. The molecule has 0 radical (unpaired) electrons. The van der Waals surface area contributed by atoms with E-state index in [1.165, 1.54) is 6.26 Å². The van der Waals surface area contributed by atoms with Gasteiger partial charge in [0.05, 0.1) is 5.75 Å². The van der Waals surface area contributed by atoms with Gasteiger partial charge in [-0.25, -0.2) is 8.42 Å². The second-order valence-electron chi connectivity index (χ2n) is 3.67. The summed E-state index contributed by atoms with van der Waals surface area (Å²) in [6.45, 7) is 6.13. The number of sulfone groups is 1. The molecule has 0 aliphatic heterocycles. The second-order valence-corrected chi connectivity index (χ2v) is 5.86. The maximum atomic E-state index is 11.0. The van der Waals surface area contributed by atoms with Crippen LogP contribution < -0.4 is 5.32 Å². The van der Waals surface area contributed by atoms with E-state index >= 15 is 0 Å². The van der Waals surface area contributed by atoms with Crippen LogP contribution in [0.15, 0.2) is 0 Å². The molecule has 0 aromatic rings. The van der Waals surface area contributed by atoms with E-state index in [-0.39, 0.29) is 11.8 Å². The van der Waals surface area contributed by atoms with Crippen LogP contribution in [0.2, 0.25) is 0 Å². The molecule has 0 heterocycles. The van der Waals surface area contributed by atoms with Gasteiger partial charge in [-0.15, -0.1) is 0 Å². The highest BCUT2D eigenvalue weighted by Crippen LogP contribution is 1.99. The van der Waals surface area contributed by atoms with Crippen LogP contribution in [0, 0.1) is 0 Å². The van der Waals surface area contributed by atoms with Crippen molar-refractivity contribution in [3.63, 3.8) is 0 Å². The molecule has 1 N–H and O–H groups in total. The van der Waals surface area contributed by atoms with E-state index in [2.05, 4.69) is 19.2 Å². The normalized spacial score (nSPS) is 14.8. The van der Waals surface area contributed by atoms with Gasteiger partial charge in [0, 0.05) is 18.3 Å². The predicted molar refractivity (Wildman–Crippen MR) is 56.7 cm³/mol. The molecule has 0 saturated carbocycles. The van der Waals surface area contributed by atoms with Crippen molar-refractivity contribution in [2.24, 2.45) is 0 Å². The highest BCUT2D eigenvalue weighted by Gasteiger charge is 2.12. The van der Waals surface area contributed by atoms with Crippen LogP contribution in [0.5, 0.6) is 0 Å². The molecule has 0 bridgehead atoms. The molecule has 0 fully saturated rings. The summed E-state index contributed by atoms with van der Waals surface area (Å²) in [6, 6.07) is 0.497. The molecule has 13 heavy (non-hydrogen) atoms. The van der Waals surface area contributed by atoms with Gasteiger partial charge in [-0.05, 0) is 19.8 Å². The number of rotatable bonds is 6. The SMILES string of the molecule is CCC(CC)NC(C)CS(C)(=O)=O. The van der Waals surface area contributed by atoms with Crippen molar-refractivity contribution in [1.29, 1.82) is 0 Å². The van der Waals surface area contributed by atoms with E-state index in [1.807, 2.05) is 6.92 Å². The number of nitrogens with one attached hydrogen (secondary N) is 1.